The number of hydrogen-bond acceptors (Lipinski definition) is 4. The van der Waals surface area contributed by atoms with E-state index in [0.717, 1.165) is 16.4 Å². The molecule has 2 rings (SSSR count). The molecule has 1 saturated heterocycles. The quantitative estimate of drug-likeness (QED) is 0.865. The fourth-order valence-electron chi connectivity index (χ4n) is 2.21. The predicted molar refractivity (Wildman–Crippen MR) is 73.4 cm³/mol. The highest BCUT2D eigenvalue weighted by molar-refractivity contribution is 9.10. The molecule has 1 aliphatic rings. The van der Waals surface area contributed by atoms with Gasteiger partial charge in [-0.05, 0) is 40.9 Å². The van der Waals surface area contributed by atoms with Gasteiger partial charge in [0.2, 0.25) is 10.0 Å². The third-order valence-corrected chi connectivity index (χ3v) is 5.80. The second-order valence-electron chi connectivity index (χ2n) is 4.49. The summed E-state index contributed by atoms with van der Waals surface area (Å²) in [4.78, 5) is 10.5. The van der Waals surface area contributed by atoms with Crippen molar-refractivity contribution in [2.24, 2.45) is 0 Å². The van der Waals surface area contributed by atoms with Gasteiger partial charge in [0, 0.05) is 11.0 Å². The molecule has 1 N–H and O–H groups in total. The van der Waals surface area contributed by atoms with E-state index in [-0.39, 0.29) is 23.0 Å². The summed E-state index contributed by atoms with van der Waals surface area (Å²) in [5, 5.41) is 17.8. The number of hydrogen-bond donors (Lipinski definition) is 1. The van der Waals surface area contributed by atoms with E-state index in [9.17, 15) is 17.6 Å². The van der Waals surface area contributed by atoms with Crippen molar-refractivity contribution in [1.82, 2.24) is 4.31 Å². The lowest BCUT2D eigenvalue weighted by Gasteiger charge is -2.21. The molecule has 6 nitrogen and oxygen atoms in total. The number of carbonyl (C=O) groups is 1. The molecule has 0 aromatic heterocycles. The fourth-order valence-corrected chi connectivity index (χ4v) is 4.52. The molecule has 0 aliphatic carbocycles. The Morgan fingerprint density at radius 2 is 2.19 bits per heavy atom. The minimum absolute atomic E-state index is 0.0242. The summed E-state index contributed by atoms with van der Waals surface area (Å²) < 4.78 is 39.8. The number of halogens is 2. The zero-order valence-electron chi connectivity index (χ0n) is 10.6. The van der Waals surface area contributed by atoms with E-state index in [4.69, 9.17) is 10.4 Å². The number of aliphatic carboxylic acids is 1. The smallest absolute Gasteiger partial charge is 0.322 e. The number of benzene rings is 1. The highest BCUT2D eigenvalue weighted by atomic mass is 79.9. The van der Waals surface area contributed by atoms with Crippen LogP contribution >= 0.6 is 15.9 Å². The molecule has 0 amide bonds. The highest BCUT2D eigenvalue weighted by Crippen LogP contribution is 2.30. The minimum atomic E-state index is -4.27. The summed E-state index contributed by atoms with van der Waals surface area (Å²) in [6.07, 6.45) is 0.586. The van der Waals surface area contributed by atoms with Crippen molar-refractivity contribution < 1.29 is 22.7 Å². The van der Waals surface area contributed by atoms with Crippen LogP contribution in [0.25, 0.3) is 0 Å². The van der Waals surface area contributed by atoms with Crippen molar-refractivity contribution in [3.05, 3.63) is 28.0 Å². The molecular formula is C12H10BrFN2O4S. The van der Waals surface area contributed by atoms with Gasteiger partial charge >= 0.3 is 5.97 Å². The van der Waals surface area contributed by atoms with Crippen molar-refractivity contribution >= 4 is 31.9 Å². The van der Waals surface area contributed by atoms with E-state index >= 15 is 0 Å². The molecular weight excluding hydrogens is 367 g/mol. The van der Waals surface area contributed by atoms with Gasteiger partial charge in [0.15, 0.2) is 0 Å². The number of sulfonamides is 1. The number of carboxylic acids is 1. The topological polar surface area (TPSA) is 98.5 Å². The summed E-state index contributed by atoms with van der Waals surface area (Å²) in [5.41, 5.74) is -0.0392. The van der Waals surface area contributed by atoms with Gasteiger partial charge in [-0.3, -0.25) is 4.79 Å². The van der Waals surface area contributed by atoms with E-state index in [1.54, 1.807) is 6.07 Å². The first kappa shape index (κ1) is 15.9. The lowest BCUT2D eigenvalue weighted by atomic mass is 10.2. The molecule has 0 spiro atoms. The van der Waals surface area contributed by atoms with Crippen molar-refractivity contribution in [3.8, 4) is 6.07 Å². The average molecular weight is 377 g/mol. The van der Waals surface area contributed by atoms with Gasteiger partial charge in [0.25, 0.3) is 0 Å². The Morgan fingerprint density at radius 1 is 1.52 bits per heavy atom. The van der Waals surface area contributed by atoms with Crippen LogP contribution < -0.4 is 0 Å². The van der Waals surface area contributed by atoms with Gasteiger partial charge in [-0.25, -0.2) is 12.8 Å². The molecule has 0 unspecified atom stereocenters. The van der Waals surface area contributed by atoms with Gasteiger partial charge in [-0.15, -0.1) is 0 Å². The Bertz CT molecular complexity index is 744. The van der Waals surface area contributed by atoms with Crippen LogP contribution in [0.5, 0.6) is 0 Å². The largest absolute Gasteiger partial charge is 0.480 e. The van der Waals surface area contributed by atoms with Crippen molar-refractivity contribution in [2.75, 3.05) is 6.54 Å². The lowest BCUT2D eigenvalue weighted by Crippen LogP contribution is -2.40. The maximum absolute atomic E-state index is 14.0. The van der Waals surface area contributed by atoms with Crippen LogP contribution in [0.1, 0.15) is 18.4 Å². The summed E-state index contributed by atoms with van der Waals surface area (Å²) in [6.45, 7) is 0.0242. The Balaban J connectivity index is 2.53. The Morgan fingerprint density at radius 3 is 2.76 bits per heavy atom. The zero-order valence-corrected chi connectivity index (χ0v) is 13.0. The van der Waals surface area contributed by atoms with Crippen LogP contribution in [0.2, 0.25) is 0 Å². The van der Waals surface area contributed by atoms with E-state index < -0.39 is 32.7 Å². The van der Waals surface area contributed by atoms with Crippen molar-refractivity contribution in [3.63, 3.8) is 0 Å². The van der Waals surface area contributed by atoms with E-state index in [2.05, 4.69) is 15.9 Å². The second-order valence-corrected chi connectivity index (χ2v) is 7.20. The molecule has 1 fully saturated rings. The van der Waals surface area contributed by atoms with Crippen LogP contribution in [0.4, 0.5) is 4.39 Å². The third kappa shape index (κ3) is 2.79. The van der Waals surface area contributed by atoms with Crippen molar-refractivity contribution in [1.29, 1.82) is 5.26 Å². The van der Waals surface area contributed by atoms with E-state index in [1.165, 1.54) is 0 Å². The Labute approximate surface area is 129 Å². The number of carboxylic acid groups (broad SMARTS) is 1. The number of rotatable bonds is 3. The van der Waals surface area contributed by atoms with Gasteiger partial charge in [-0.2, -0.15) is 9.57 Å². The number of nitriles is 1. The SMILES string of the molecule is N#Cc1cc(F)c(S(=O)(=O)N2CCC[C@H]2C(=O)O)cc1Br. The summed E-state index contributed by atoms with van der Waals surface area (Å²) in [6, 6.07) is 2.33. The molecule has 0 saturated carbocycles. The molecule has 9 heteroatoms. The molecule has 21 heavy (non-hydrogen) atoms. The first-order valence-electron chi connectivity index (χ1n) is 5.93. The maximum Gasteiger partial charge on any atom is 0.322 e. The third-order valence-electron chi connectivity index (χ3n) is 3.22. The van der Waals surface area contributed by atoms with Gasteiger partial charge < -0.3 is 5.11 Å². The fraction of sp³-hybridized carbons (Fsp3) is 0.333. The molecule has 0 radical (unpaired) electrons. The molecule has 1 heterocycles. The predicted octanol–water partition coefficient (Wildman–Crippen LogP) is 1.70. The maximum atomic E-state index is 14.0. The Kier molecular flexibility index (Phi) is 4.32. The minimum Gasteiger partial charge on any atom is -0.480 e. The van der Waals surface area contributed by atoms with Crippen LogP contribution in [0, 0.1) is 17.1 Å². The van der Waals surface area contributed by atoms with Crippen LogP contribution in [0.3, 0.4) is 0 Å². The van der Waals surface area contributed by atoms with Crippen LogP contribution in [0.15, 0.2) is 21.5 Å². The summed E-state index contributed by atoms with van der Waals surface area (Å²) in [7, 11) is -4.27. The van der Waals surface area contributed by atoms with Gasteiger partial charge in [-0.1, -0.05) is 0 Å². The molecule has 112 valence electrons. The molecule has 1 atom stereocenters. The highest BCUT2D eigenvalue weighted by Gasteiger charge is 2.40. The standard InChI is InChI=1S/C12H10BrFN2O4S/c13-8-5-11(9(14)4-7(8)6-15)21(19,20)16-3-1-2-10(16)12(17)18/h4-5,10H,1-3H2,(H,17,18)/t10-/m0/s1. The molecule has 1 aromatic rings. The average Bonchev–Trinajstić information content (AvgIpc) is 2.91. The number of nitrogens with zero attached hydrogens (tertiary/aromatic N) is 2. The van der Waals surface area contributed by atoms with Gasteiger partial charge in [0.05, 0.1) is 5.56 Å². The first-order valence-corrected chi connectivity index (χ1v) is 8.16. The van der Waals surface area contributed by atoms with E-state index in [1.807, 2.05) is 0 Å². The summed E-state index contributed by atoms with van der Waals surface area (Å²) >= 11 is 3.00. The second kappa shape index (κ2) is 5.71. The lowest BCUT2D eigenvalue weighted by molar-refractivity contribution is -0.140. The molecule has 0 bridgehead atoms. The van der Waals surface area contributed by atoms with E-state index in [0.29, 0.717) is 6.42 Å². The normalized spacial score (nSPS) is 19.4. The van der Waals surface area contributed by atoms with Crippen molar-refractivity contribution in [2.45, 2.75) is 23.8 Å². The van der Waals surface area contributed by atoms with Crippen LogP contribution in [-0.2, 0) is 14.8 Å². The van der Waals surface area contributed by atoms with Gasteiger partial charge in [0.1, 0.15) is 22.8 Å². The zero-order chi connectivity index (χ0) is 15.8. The first-order chi connectivity index (χ1) is 9.78. The monoisotopic (exact) mass is 376 g/mol. The summed E-state index contributed by atoms with van der Waals surface area (Å²) in [5.74, 6) is -2.34. The molecule has 1 aromatic carbocycles. The Hall–Kier alpha value is -1.50. The van der Waals surface area contributed by atoms with Crippen LogP contribution in [-0.4, -0.2) is 36.4 Å². The molecule has 1 aliphatic heterocycles.